The first kappa shape index (κ1) is 20.2. The van der Waals surface area contributed by atoms with Crippen LogP contribution in [0.15, 0.2) is 41.5 Å². The summed E-state index contributed by atoms with van der Waals surface area (Å²) >= 11 is 0. The lowest BCUT2D eigenvalue weighted by atomic mass is 10.1. The average molecular weight is 432 g/mol. The van der Waals surface area contributed by atoms with Crippen molar-refractivity contribution in [2.75, 3.05) is 36.5 Å². The van der Waals surface area contributed by atoms with Crippen molar-refractivity contribution in [2.45, 2.75) is 20.4 Å². The molecule has 1 aliphatic rings. The molecule has 0 aliphatic carbocycles. The minimum atomic E-state index is -0.0941. The van der Waals surface area contributed by atoms with E-state index in [1.165, 1.54) is 0 Å². The van der Waals surface area contributed by atoms with Crippen LogP contribution in [0.25, 0.3) is 22.6 Å². The van der Waals surface area contributed by atoms with Crippen LogP contribution in [-0.4, -0.2) is 51.2 Å². The number of rotatable bonds is 5. The summed E-state index contributed by atoms with van der Waals surface area (Å²) in [6.45, 7) is 7.34. The van der Waals surface area contributed by atoms with Crippen LogP contribution in [0.2, 0.25) is 0 Å². The van der Waals surface area contributed by atoms with Gasteiger partial charge in [-0.1, -0.05) is 12.1 Å². The van der Waals surface area contributed by atoms with Crippen LogP contribution in [0.1, 0.15) is 16.8 Å². The highest BCUT2D eigenvalue weighted by molar-refractivity contribution is 5.84. The lowest BCUT2D eigenvalue weighted by Gasteiger charge is -2.29. The number of aromatic nitrogens is 5. The van der Waals surface area contributed by atoms with Crippen molar-refractivity contribution in [3.8, 4) is 11.4 Å². The molecule has 1 aliphatic heterocycles. The van der Waals surface area contributed by atoms with Crippen molar-refractivity contribution in [2.24, 2.45) is 0 Å². The second-order valence-corrected chi connectivity index (χ2v) is 7.94. The molecule has 4 aromatic rings. The van der Waals surface area contributed by atoms with E-state index in [-0.39, 0.29) is 5.56 Å². The van der Waals surface area contributed by atoms with Crippen LogP contribution >= 0.6 is 0 Å². The van der Waals surface area contributed by atoms with Gasteiger partial charge in [-0.05, 0) is 37.6 Å². The van der Waals surface area contributed by atoms with E-state index < -0.39 is 0 Å². The Hall–Kier alpha value is -3.72. The van der Waals surface area contributed by atoms with Crippen LogP contribution in [0.5, 0.6) is 0 Å². The second-order valence-electron chi connectivity index (χ2n) is 7.94. The number of nitrogens with one attached hydrogen (secondary N) is 3. The summed E-state index contributed by atoms with van der Waals surface area (Å²) in [6, 6.07) is 10.2. The summed E-state index contributed by atoms with van der Waals surface area (Å²) in [5, 5.41) is 3.31. The quantitative estimate of drug-likeness (QED) is 0.445. The van der Waals surface area contributed by atoms with E-state index in [4.69, 9.17) is 9.72 Å². The zero-order chi connectivity index (χ0) is 22.1. The van der Waals surface area contributed by atoms with Crippen molar-refractivity contribution in [3.05, 3.63) is 63.8 Å². The molecule has 1 aromatic carbocycles. The zero-order valence-electron chi connectivity index (χ0n) is 18.1. The van der Waals surface area contributed by atoms with Crippen LogP contribution in [-0.2, 0) is 11.3 Å². The van der Waals surface area contributed by atoms with Gasteiger partial charge in [0.25, 0.3) is 5.56 Å². The molecule has 0 radical (unpaired) electrons. The van der Waals surface area contributed by atoms with Gasteiger partial charge in [0, 0.05) is 42.1 Å². The molecule has 3 N–H and O–H groups in total. The molecule has 32 heavy (non-hydrogen) atoms. The number of aryl methyl sites for hydroxylation is 2. The Kier molecular flexibility index (Phi) is 5.32. The van der Waals surface area contributed by atoms with Crippen molar-refractivity contribution in [3.63, 3.8) is 0 Å². The minimum Gasteiger partial charge on any atom is -0.378 e. The third-order valence-electron chi connectivity index (χ3n) is 5.69. The number of anilines is 2. The third kappa shape index (κ3) is 3.94. The lowest BCUT2D eigenvalue weighted by Crippen LogP contribution is -2.36. The topological polar surface area (TPSA) is 112 Å². The highest BCUT2D eigenvalue weighted by Gasteiger charge is 2.15. The monoisotopic (exact) mass is 431 g/mol. The highest BCUT2D eigenvalue weighted by Crippen LogP contribution is 2.26. The van der Waals surface area contributed by atoms with Crippen molar-refractivity contribution in [1.82, 2.24) is 24.9 Å². The van der Waals surface area contributed by atoms with Gasteiger partial charge in [0.05, 0.1) is 19.5 Å². The number of nitrogens with zero attached hydrogens (tertiary/aromatic N) is 4. The Morgan fingerprint density at radius 2 is 2.00 bits per heavy atom. The molecule has 1 saturated heterocycles. The van der Waals surface area contributed by atoms with Gasteiger partial charge in [-0.3, -0.25) is 4.79 Å². The molecular formula is C23H25N7O2. The minimum absolute atomic E-state index is 0.0941. The predicted molar refractivity (Wildman–Crippen MR) is 124 cm³/mol. The molecule has 0 atom stereocenters. The first-order chi connectivity index (χ1) is 15.6. The van der Waals surface area contributed by atoms with Crippen LogP contribution in [0.3, 0.4) is 0 Å². The fourth-order valence-corrected chi connectivity index (χ4v) is 4.03. The maximum Gasteiger partial charge on any atom is 0.253 e. The van der Waals surface area contributed by atoms with Gasteiger partial charge in [-0.2, -0.15) is 0 Å². The van der Waals surface area contributed by atoms with E-state index >= 15 is 0 Å². The number of imidazole rings is 1. The third-order valence-corrected chi connectivity index (χ3v) is 5.69. The Morgan fingerprint density at radius 1 is 1.16 bits per heavy atom. The molecule has 0 unspecified atom stereocenters. The normalized spacial score (nSPS) is 14.1. The van der Waals surface area contributed by atoms with E-state index in [1.807, 2.05) is 32.0 Å². The average Bonchev–Trinajstić information content (AvgIpc) is 3.28. The number of pyridine rings is 1. The van der Waals surface area contributed by atoms with E-state index in [0.717, 1.165) is 48.8 Å². The van der Waals surface area contributed by atoms with Gasteiger partial charge in [-0.25, -0.2) is 15.0 Å². The van der Waals surface area contributed by atoms with Crippen LogP contribution in [0.4, 0.5) is 11.5 Å². The van der Waals surface area contributed by atoms with E-state index in [0.29, 0.717) is 34.9 Å². The Bertz CT molecular complexity index is 1320. The fourth-order valence-electron chi connectivity index (χ4n) is 4.03. The maximum absolute atomic E-state index is 12.4. The van der Waals surface area contributed by atoms with Gasteiger partial charge in [0.2, 0.25) is 0 Å². The van der Waals surface area contributed by atoms with Crippen molar-refractivity contribution >= 4 is 22.7 Å². The number of aromatic amines is 2. The number of benzene rings is 1. The maximum atomic E-state index is 12.4. The van der Waals surface area contributed by atoms with Gasteiger partial charge in [-0.15, -0.1) is 0 Å². The van der Waals surface area contributed by atoms with E-state index in [1.54, 1.807) is 6.33 Å². The van der Waals surface area contributed by atoms with Crippen LogP contribution in [0, 0.1) is 13.8 Å². The molecule has 0 spiro atoms. The van der Waals surface area contributed by atoms with Gasteiger partial charge < -0.3 is 24.9 Å². The molecule has 0 amide bonds. The standard InChI is InChI=1S/C23H25N7O2/c1-14-10-15(2)27-23(31)18(14)12-24-21-19-22(26-13-25-19)29-20(28-21)16-4-3-5-17(11-16)30-6-8-32-9-7-30/h3-5,10-11,13H,6-9,12H2,1-2H3,(H,27,31)(H2,24,25,26,28,29). The van der Waals surface area contributed by atoms with Crippen LogP contribution < -0.4 is 15.8 Å². The molecule has 4 heterocycles. The summed E-state index contributed by atoms with van der Waals surface area (Å²) in [4.78, 5) is 34.4. The molecule has 0 bridgehead atoms. The van der Waals surface area contributed by atoms with Gasteiger partial charge in [0.1, 0.15) is 5.52 Å². The molecular weight excluding hydrogens is 406 g/mol. The second kappa shape index (κ2) is 8.43. The lowest BCUT2D eigenvalue weighted by molar-refractivity contribution is 0.122. The Morgan fingerprint density at radius 3 is 2.81 bits per heavy atom. The van der Waals surface area contributed by atoms with Crippen molar-refractivity contribution in [1.29, 1.82) is 0 Å². The summed E-state index contributed by atoms with van der Waals surface area (Å²) in [5.41, 5.74) is 5.67. The molecule has 164 valence electrons. The van der Waals surface area contributed by atoms with Gasteiger partial charge >= 0.3 is 0 Å². The summed E-state index contributed by atoms with van der Waals surface area (Å²) < 4.78 is 5.47. The van der Waals surface area contributed by atoms with E-state index in [2.05, 4.69) is 42.3 Å². The first-order valence-corrected chi connectivity index (χ1v) is 10.7. The fraction of sp³-hybridized carbons (Fsp3) is 0.304. The first-order valence-electron chi connectivity index (χ1n) is 10.7. The van der Waals surface area contributed by atoms with Crippen molar-refractivity contribution < 1.29 is 4.74 Å². The molecule has 3 aromatic heterocycles. The number of H-pyrrole nitrogens is 2. The number of fused-ring (bicyclic) bond motifs is 1. The number of ether oxygens (including phenoxy) is 1. The number of hydrogen-bond donors (Lipinski definition) is 3. The molecule has 9 nitrogen and oxygen atoms in total. The number of hydrogen-bond acceptors (Lipinski definition) is 7. The smallest absolute Gasteiger partial charge is 0.253 e. The van der Waals surface area contributed by atoms with Gasteiger partial charge in [0.15, 0.2) is 17.3 Å². The highest BCUT2D eigenvalue weighted by atomic mass is 16.5. The molecule has 5 rings (SSSR count). The largest absolute Gasteiger partial charge is 0.378 e. The summed E-state index contributed by atoms with van der Waals surface area (Å²) in [6.07, 6.45) is 1.60. The zero-order valence-corrected chi connectivity index (χ0v) is 18.1. The summed E-state index contributed by atoms with van der Waals surface area (Å²) in [7, 11) is 0. The molecule has 0 saturated carbocycles. The predicted octanol–water partition coefficient (Wildman–Crippen LogP) is 2.77. The SMILES string of the molecule is Cc1cc(C)c(CNc2nc(-c3cccc(N4CCOCC4)c3)nc3nc[nH]c23)c(=O)[nH]1. The molecule has 1 fully saturated rings. The Labute approximate surface area is 184 Å². The number of morpholine rings is 1. The van der Waals surface area contributed by atoms with E-state index in [9.17, 15) is 4.79 Å². The molecule has 9 heteroatoms. The Balaban J connectivity index is 1.48. The summed E-state index contributed by atoms with van der Waals surface area (Å²) in [5.74, 6) is 1.19.